The molecule has 0 spiro atoms. The van der Waals surface area contributed by atoms with Crippen LogP contribution in [0.15, 0.2) is 60.7 Å². The maximum atomic E-state index is 14.3. The summed E-state index contributed by atoms with van der Waals surface area (Å²) in [6.45, 7) is 1.50. The third-order valence-electron chi connectivity index (χ3n) is 10.8. The zero-order chi connectivity index (χ0) is 33.6. The largest absolute Gasteiger partial charge is 0.496 e. The van der Waals surface area contributed by atoms with E-state index in [1.54, 1.807) is 25.0 Å². The van der Waals surface area contributed by atoms with Crippen molar-refractivity contribution in [2.24, 2.45) is 23.7 Å². The summed E-state index contributed by atoms with van der Waals surface area (Å²) in [7, 11) is 7.27. The van der Waals surface area contributed by atoms with Crippen LogP contribution in [0.3, 0.4) is 0 Å². The van der Waals surface area contributed by atoms with Crippen LogP contribution in [0.4, 0.5) is 0 Å². The summed E-state index contributed by atoms with van der Waals surface area (Å²) in [5, 5.41) is 20.5. The number of benzene rings is 3. The van der Waals surface area contributed by atoms with E-state index in [1.165, 1.54) is 6.42 Å². The number of carbonyl (C=O) groups is 2. The number of hydrogen-bond acceptors (Lipinski definition) is 7. The minimum atomic E-state index is -1.30. The van der Waals surface area contributed by atoms with Crippen molar-refractivity contribution in [1.82, 2.24) is 20.0 Å². The Morgan fingerprint density at radius 3 is 2.15 bits per heavy atom. The highest BCUT2D eigenvalue weighted by molar-refractivity contribution is 5.99. The predicted octanol–water partition coefficient (Wildman–Crippen LogP) is 6.05. The molecule has 10 nitrogen and oxygen atoms in total. The fraction of sp³-hybridized carbons (Fsp3) is 0.447. The number of carbonyl (C=O) groups excluding carboxylic acids is 1. The second-order valence-corrected chi connectivity index (χ2v) is 13.9. The molecule has 0 aliphatic heterocycles. The first-order chi connectivity index (χ1) is 23.2. The molecule has 1 amide bonds. The number of carboxylic acids is 1. The molecule has 3 aromatic carbocycles. The number of rotatable bonds is 12. The van der Waals surface area contributed by atoms with Crippen LogP contribution in [-0.4, -0.2) is 78.7 Å². The van der Waals surface area contributed by atoms with Gasteiger partial charge in [0.2, 0.25) is 0 Å². The van der Waals surface area contributed by atoms with Gasteiger partial charge in [-0.2, -0.15) is 5.10 Å². The molecule has 48 heavy (non-hydrogen) atoms. The monoisotopic (exact) mass is 652 g/mol. The van der Waals surface area contributed by atoms with E-state index in [9.17, 15) is 14.7 Å². The van der Waals surface area contributed by atoms with Gasteiger partial charge in [0.25, 0.3) is 5.91 Å². The van der Waals surface area contributed by atoms with Crippen molar-refractivity contribution >= 4 is 22.6 Å². The van der Waals surface area contributed by atoms with Gasteiger partial charge in [0.15, 0.2) is 5.69 Å². The van der Waals surface area contributed by atoms with Crippen LogP contribution in [0.1, 0.15) is 49.0 Å². The van der Waals surface area contributed by atoms with Gasteiger partial charge < -0.3 is 29.5 Å². The summed E-state index contributed by atoms with van der Waals surface area (Å²) in [5.41, 5.74) is 0.768. The van der Waals surface area contributed by atoms with Gasteiger partial charge in [-0.25, -0.2) is 9.48 Å². The van der Waals surface area contributed by atoms with Gasteiger partial charge in [-0.05, 0) is 107 Å². The van der Waals surface area contributed by atoms with E-state index >= 15 is 0 Å². The van der Waals surface area contributed by atoms with Crippen LogP contribution in [0.2, 0.25) is 0 Å². The normalized spacial score (nSPS) is 24.2. The van der Waals surface area contributed by atoms with E-state index in [-0.39, 0.29) is 17.5 Å². The Bertz CT molecular complexity index is 1800. The highest BCUT2D eigenvalue weighted by atomic mass is 16.5. The van der Waals surface area contributed by atoms with Crippen molar-refractivity contribution in [3.8, 4) is 34.2 Å². The molecule has 0 saturated heterocycles. The van der Waals surface area contributed by atoms with Crippen LogP contribution < -0.4 is 19.5 Å². The van der Waals surface area contributed by atoms with Crippen molar-refractivity contribution in [2.45, 2.75) is 44.1 Å². The smallest absolute Gasteiger partial charge is 0.330 e. The first kappa shape index (κ1) is 32.0. The molecular formula is C38H44N4O6. The molecule has 4 aliphatic carbocycles. The molecule has 1 aromatic heterocycles. The van der Waals surface area contributed by atoms with E-state index in [1.807, 2.05) is 68.7 Å². The van der Waals surface area contributed by atoms with Gasteiger partial charge in [0.1, 0.15) is 22.8 Å². The average molecular weight is 653 g/mol. The molecule has 1 heterocycles. The molecule has 4 aliphatic rings. The first-order valence-electron chi connectivity index (χ1n) is 16.9. The Morgan fingerprint density at radius 1 is 0.896 bits per heavy atom. The van der Waals surface area contributed by atoms with Gasteiger partial charge >= 0.3 is 5.97 Å². The third kappa shape index (κ3) is 5.45. The number of amides is 1. The molecule has 252 valence electrons. The predicted molar refractivity (Wildman–Crippen MR) is 183 cm³/mol. The highest BCUT2D eigenvalue weighted by Gasteiger charge is 2.62. The molecule has 4 aromatic rings. The zero-order valence-corrected chi connectivity index (χ0v) is 28.1. The fourth-order valence-electron chi connectivity index (χ4n) is 8.87. The van der Waals surface area contributed by atoms with Crippen LogP contribution >= 0.6 is 0 Å². The maximum Gasteiger partial charge on any atom is 0.330 e. The molecule has 4 saturated carbocycles. The van der Waals surface area contributed by atoms with Crippen molar-refractivity contribution < 1.29 is 28.9 Å². The van der Waals surface area contributed by atoms with Gasteiger partial charge in [-0.1, -0.05) is 30.3 Å². The molecule has 0 radical (unpaired) electrons. The number of ether oxygens (including phenoxy) is 3. The standard InChI is InChI=1S/C38H44N4O6/c1-41(2)15-8-16-48-32-14-13-30(27-9-5-6-10-28(27)32)42-31(35-33(46-3)11-7-12-34(35)47-4)22-29(40-42)36(43)39-38(37(44)45)25-18-23-17-24(20-25)21-26(38)19-23/h5-7,9-14,22-26H,8,15-21H2,1-4H3,(H,39,43)(H,44,45). The van der Waals surface area contributed by atoms with Crippen LogP contribution in [0, 0.1) is 23.7 Å². The second kappa shape index (κ2) is 12.8. The van der Waals surface area contributed by atoms with Crippen molar-refractivity contribution in [2.75, 3.05) is 41.5 Å². The molecule has 4 bridgehead atoms. The summed E-state index contributed by atoms with van der Waals surface area (Å²) >= 11 is 0. The molecule has 8 rings (SSSR count). The van der Waals surface area contributed by atoms with Gasteiger partial charge in [0.05, 0.1) is 37.8 Å². The lowest BCUT2D eigenvalue weighted by Crippen LogP contribution is -2.70. The molecular weight excluding hydrogens is 608 g/mol. The summed E-state index contributed by atoms with van der Waals surface area (Å²) in [5.74, 6) is 1.36. The zero-order valence-electron chi connectivity index (χ0n) is 28.1. The molecule has 0 atom stereocenters. The molecule has 0 unspecified atom stereocenters. The number of hydrogen-bond donors (Lipinski definition) is 2. The summed E-state index contributed by atoms with van der Waals surface area (Å²) in [4.78, 5) is 29.5. The molecule has 10 heteroatoms. The van der Waals surface area contributed by atoms with Gasteiger partial charge in [0, 0.05) is 17.3 Å². The minimum Gasteiger partial charge on any atom is -0.496 e. The summed E-state index contributed by atoms with van der Waals surface area (Å²) < 4.78 is 19.6. The third-order valence-corrected chi connectivity index (χ3v) is 10.8. The number of carboxylic acid groups (broad SMARTS) is 1. The molecule has 4 fully saturated rings. The summed E-state index contributed by atoms with van der Waals surface area (Å²) in [6.07, 6.45) is 5.43. The average Bonchev–Trinajstić information content (AvgIpc) is 3.52. The number of nitrogens with zero attached hydrogens (tertiary/aromatic N) is 3. The Kier molecular flexibility index (Phi) is 8.53. The van der Waals surface area contributed by atoms with E-state index < -0.39 is 17.4 Å². The number of aliphatic carboxylic acids is 1. The number of fused-ring (bicyclic) bond motifs is 1. The lowest BCUT2D eigenvalue weighted by Gasteiger charge is -2.59. The Balaban J connectivity index is 1.33. The quantitative estimate of drug-likeness (QED) is 0.178. The minimum absolute atomic E-state index is 0.0831. The second-order valence-electron chi connectivity index (χ2n) is 13.9. The van der Waals surface area contributed by atoms with Crippen molar-refractivity contribution in [3.05, 3.63) is 66.4 Å². The molecule has 2 N–H and O–H groups in total. The topological polar surface area (TPSA) is 115 Å². The van der Waals surface area contributed by atoms with Crippen LogP contribution in [-0.2, 0) is 4.79 Å². The van der Waals surface area contributed by atoms with E-state index in [4.69, 9.17) is 19.3 Å². The Labute approximate surface area is 281 Å². The van der Waals surface area contributed by atoms with E-state index in [2.05, 4.69) is 10.2 Å². The lowest BCUT2D eigenvalue weighted by molar-refractivity contribution is -0.163. The van der Waals surface area contributed by atoms with Crippen LogP contribution in [0.5, 0.6) is 17.2 Å². The summed E-state index contributed by atoms with van der Waals surface area (Å²) in [6, 6.07) is 19.1. The Hall–Kier alpha value is -4.57. The van der Waals surface area contributed by atoms with E-state index in [0.717, 1.165) is 60.9 Å². The van der Waals surface area contributed by atoms with E-state index in [0.29, 0.717) is 41.2 Å². The van der Waals surface area contributed by atoms with Crippen molar-refractivity contribution in [1.29, 1.82) is 0 Å². The van der Waals surface area contributed by atoms with Crippen LogP contribution in [0.25, 0.3) is 27.7 Å². The lowest BCUT2D eigenvalue weighted by atomic mass is 9.48. The fourth-order valence-corrected chi connectivity index (χ4v) is 8.87. The van der Waals surface area contributed by atoms with Gasteiger partial charge in [-0.15, -0.1) is 0 Å². The number of aromatic nitrogens is 2. The first-order valence-corrected chi connectivity index (χ1v) is 16.9. The number of methoxy groups -OCH3 is 2. The SMILES string of the molecule is COc1cccc(OC)c1-c1cc(C(=O)NC2(C(=O)O)C3CC4CC(C3)CC2C4)nn1-c1ccc(OCCCN(C)C)c2ccccc12. The number of nitrogens with one attached hydrogen (secondary N) is 1. The van der Waals surface area contributed by atoms with Gasteiger partial charge in [-0.3, -0.25) is 4.79 Å². The highest BCUT2D eigenvalue weighted by Crippen LogP contribution is 2.58. The maximum absolute atomic E-state index is 14.3. The van der Waals surface area contributed by atoms with Crippen molar-refractivity contribution in [3.63, 3.8) is 0 Å². The Morgan fingerprint density at radius 2 is 1.54 bits per heavy atom.